The van der Waals surface area contributed by atoms with Gasteiger partial charge in [0.1, 0.15) is 16.8 Å². The highest BCUT2D eigenvalue weighted by atomic mass is 32.1. The molecule has 1 atom stereocenters. The van der Waals surface area contributed by atoms with Crippen LogP contribution < -0.4 is 9.64 Å². The van der Waals surface area contributed by atoms with Crippen LogP contribution in [0.15, 0.2) is 53.9 Å². The predicted octanol–water partition coefficient (Wildman–Crippen LogP) is 5.18. The Morgan fingerprint density at radius 3 is 2.69 bits per heavy atom. The summed E-state index contributed by atoms with van der Waals surface area (Å²) in [5.41, 5.74) is 3.29. The number of nitrogens with zero attached hydrogens (tertiary/aromatic N) is 2. The summed E-state index contributed by atoms with van der Waals surface area (Å²) < 4.78 is 11.1. The van der Waals surface area contributed by atoms with Gasteiger partial charge < -0.3 is 9.47 Å². The number of rotatable bonds is 7. The molecule has 1 amide bonds. The Balaban J connectivity index is 1.67. The van der Waals surface area contributed by atoms with Gasteiger partial charge in [-0.1, -0.05) is 51.1 Å². The van der Waals surface area contributed by atoms with Gasteiger partial charge in [-0.05, 0) is 30.5 Å². The van der Waals surface area contributed by atoms with E-state index in [0.717, 1.165) is 21.8 Å². The fourth-order valence-corrected chi connectivity index (χ4v) is 4.43. The highest BCUT2D eigenvalue weighted by Gasteiger charge is 2.36. The van der Waals surface area contributed by atoms with Crippen molar-refractivity contribution in [3.63, 3.8) is 0 Å². The van der Waals surface area contributed by atoms with E-state index >= 15 is 0 Å². The van der Waals surface area contributed by atoms with Gasteiger partial charge in [0.15, 0.2) is 6.61 Å². The lowest BCUT2D eigenvalue weighted by Crippen LogP contribution is -2.50. The van der Waals surface area contributed by atoms with Crippen molar-refractivity contribution in [1.29, 1.82) is 0 Å². The van der Waals surface area contributed by atoms with Gasteiger partial charge in [0.05, 0.1) is 18.0 Å². The molecular weight excluding hydrogens is 424 g/mol. The smallest absolute Gasteiger partial charge is 0.329 e. The van der Waals surface area contributed by atoms with Crippen molar-refractivity contribution in [2.45, 2.75) is 33.2 Å². The van der Waals surface area contributed by atoms with E-state index in [1.54, 1.807) is 11.3 Å². The molecule has 0 radical (unpaired) electrons. The van der Waals surface area contributed by atoms with E-state index in [1.807, 2.05) is 74.7 Å². The molecule has 1 aliphatic heterocycles. The van der Waals surface area contributed by atoms with Crippen molar-refractivity contribution in [2.75, 3.05) is 18.1 Å². The Bertz CT molecular complexity index is 1110. The molecule has 3 aromatic rings. The van der Waals surface area contributed by atoms with E-state index in [2.05, 4.69) is 0 Å². The number of fused-ring (bicyclic) bond motifs is 1. The second-order valence-corrected chi connectivity index (χ2v) is 8.94. The summed E-state index contributed by atoms with van der Waals surface area (Å²) in [6.45, 7) is 6.05. The SMILES string of the molecule is CCC(C(=O)OCC(C)C)N1C(=O)COc2ccc(-c3csc(-c4ccccc4)n3)cc21. The number of aromatic nitrogens is 1. The second kappa shape index (κ2) is 9.53. The van der Waals surface area contributed by atoms with Crippen LogP contribution in [0.3, 0.4) is 0 Å². The molecule has 6 nitrogen and oxygen atoms in total. The number of thiazole rings is 1. The molecule has 0 aliphatic carbocycles. The van der Waals surface area contributed by atoms with Crippen LogP contribution in [-0.4, -0.2) is 36.1 Å². The zero-order valence-electron chi connectivity index (χ0n) is 18.4. The molecule has 7 heteroatoms. The van der Waals surface area contributed by atoms with E-state index in [4.69, 9.17) is 14.5 Å². The molecule has 0 fully saturated rings. The van der Waals surface area contributed by atoms with Crippen molar-refractivity contribution in [3.8, 4) is 27.6 Å². The molecular formula is C25H26N2O4S. The van der Waals surface area contributed by atoms with Crippen LogP contribution in [0.25, 0.3) is 21.8 Å². The maximum Gasteiger partial charge on any atom is 0.329 e. The number of amides is 1. The normalized spacial score (nSPS) is 14.1. The number of benzene rings is 2. The van der Waals surface area contributed by atoms with Crippen LogP contribution in [0.4, 0.5) is 5.69 Å². The summed E-state index contributed by atoms with van der Waals surface area (Å²) in [4.78, 5) is 31.9. The minimum absolute atomic E-state index is 0.102. The minimum Gasteiger partial charge on any atom is -0.482 e. The summed E-state index contributed by atoms with van der Waals surface area (Å²) in [5, 5.41) is 2.92. The van der Waals surface area contributed by atoms with Gasteiger partial charge in [-0.25, -0.2) is 9.78 Å². The van der Waals surface area contributed by atoms with E-state index in [-0.39, 0.29) is 18.4 Å². The number of esters is 1. The van der Waals surface area contributed by atoms with Crippen molar-refractivity contribution < 1.29 is 19.1 Å². The van der Waals surface area contributed by atoms with Gasteiger partial charge in [0.25, 0.3) is 5.91 Å². The van der Waals surface area contributed by atoms with Crippen LogP contribution in [0.5, 0.6) is 5.75 Å². The Kier molecular flexibility index (Phi) is 6.55. The Morgan fingerprint density at radius 2 is 1.97 bits per heavy atom. The lowest BCUT2D eigenvalue weighted by atomic mass is 10.1. The summed E-state index contributed by atoms with van der Waals surface area (Å²) in [5.74, 6) is 0.139. The summed E-state index contributed by atoms with van der Waals surface area (Å²) >= 11 is 1.56. The number of anilines is 1. The van der Waals surface area contributed by atoms with Gasteiger partial charge in [0, 0.05) is 16.5 Å². The molecule has 1 aromatic heterocycles. The number of hydrogen-bond acceptors (Lipinski definition) is 6. The first-order chi connectivity index (χ1) is 15.5. The highest BCUT2D eigenvalue weighted by Crippen LogP contribution is 2.38. The molecule has 1 unspecified atom stereocenters. The summed E-state index contributed by atoms with van der Waals surface area (Å²) in [6, 6.07) is 14.9. The topological polar surface area (TPSA) is 68.7 Å². The molecule has 0 bridgehead atoms. The molecule has 0 N–H and O–H groups in total. The Morgan fingerprint density at radius 1 is 1.19 bits per heavy atom. The van der Waals surface area contributed by atoms with Crippen molar-refractivity contribution in [3.05, 3.63) is 53.9 Å². The predicted molar refractivity (Wildman–Crippen MR) is 126 cm³/mol. The minimum atomic E-state index is -0.700. The number of hydrogen-bond donors (Lipinski definition) is 0. The first-order valence-electron chi connectivity index (χ1n) is 10.7. The summed E-state index contributed by atoms with van der Waals surface area (Å²) in [7, 11) is 0. The van der Waals surface area contributed by atoms with Gasteiger partial charge >= 0.3 is 5.97 Å². The molecule has 2 heterocycles. The molecule has 1 aliphatic rings. The Hall–Kier alpha value is -3.19. The van der Waals surface area contributed by atoms with E-state index < -0.39 is 12.0 Å². The molecule has 0 spiro atoms. The average molecular weight is 451 g/mol. The monoisotopic (exact) mass is 450 g/mol. The molecule has 2 aromatic carbocycles. The lowest BCUT2D eigenvalue weighted by molar-refractivity contribution is -0.147. The third kappa shape index (κ3) is 4.53. The van der Waals surface area contributed by atoms with Crippen molar-refractivity contribution in [1.82, 2.24) is 4.98 Å². The van der Waals surface area contributed by atoms with Crippen LogP contribution in [0.1, 0.15) is 27.2 Å². The third-order valence-electron chi connectivity index (χ3n) is 5.19. The fourth-order valence-electron chi connectivity index (χ4n) is 3.59. The Labute approximate surface area is 191 Å². The van der Waals surface area contributed by atoms with Crippen LogP contribution in [-0.2, 0) is 14.3 Å². The average Bonchev–Trinajstić information content (AvgIpc) is 3.30. The van der Waals surface area contributed by atoms with E-state index in [1.165, 1.54) is 4.90 Å². The maximum absolute atomic E-state index is 12.8. The number of carbonyl (C=O) groups excluding carboxylic acids is 2. The van der Waals surface area contributed by atoms with E-state index in [9.17, 15) is 9.59 Å². The van der Waals surface area contributed by atoms with Gasteiger partial charge in [0.2, 0.25) is 0 Å². The molecule has 32 heavy (non-hydrogen) atoms. The van der Waals surface area contributed by atoms with Crippen LogP contribution >= 0.6 is 11.3 Å². The molecule has 0 saturated carbocycles. The first kappa shape index (κ1) is 22.0. The fraction of sp³-hybridized carbons (Fsp3) is 0.320. The van der Waals surface area contributed by atoms with Crippen molar-refractivity contribution in [2.24, 2.45) is 5.92 Å². The van der Waals surface area contributed by atoms with Gasteiger partial charge in [-0.3, -0.25) is 9.69 Å². The zero-order chi connectivity index (χ0) is 22.7. The zero-order valence-corrected chi connectivity index (χ0v) is 19.2. The lowest BCUT2D eigenvalue weighted by Gasteiger charge is -2.34. The maximum atomic E-state index is 12.8. The summed E-state index contributed by atoms with van der Waals surface area (Å²) in [6.07, 6.45) is 0.446. The van der Waals surface area contributed by atoms with Gasteiger partial charge in [-0.2, -0.15) is 0 Å². The molecule has 0 saturated heterocycles. The van der Waals surface area contributed by atoms with Crippen LogP contribution in [0, 0.1) is 5.92 Å². The standard InChI is InChI=1S/C25H26N2O4S/c1-4-20(25(29)31-13-16(2)3)27-21-12-18(10-11-22(21)30-14-23(27)28)19-15-32-24(26-19)17-8-6-5-7-9-17/h5-12,15-16,20H,4,13-14H2,1-3H3. The number of carbonyl (C=O) groups is 2. The largest absolute Gasteiger partial charge is 0.482 e. The van der Waals surface area contributed by atoms with Gasteiger partial charge in [-0.15, -0.1) is 11.3 Å². The van der Waals surface area contributed by atoms with Crippen molar-refractivity contribution >= 4 is 28.9 Å². The van der Waals surface area contributed by atoms with Crippen LogP contribution in [0.2, 0.25) is 0 Å². The number of ether oxygens (including phenoxy) is 2. The highest BCUT2D eigenvalue weighted by molar-refractivity contribution is 7.13. The molecule has 4 rings (SSSR count). The van der Waals surface area contributed by atoms with E-state index in [0.29, 0.717) is 24.5 Å². The first-order valence-corrected chi connectivity index (χ1v) is 11.6. The second-order valence-electron chi connectivity index (χ2n) is 8.09. The molecule has 166 valence electrons. The third-order valence-corrected chi connectivity index (χ3v) is 6.08. The quantitative estimate of drug-likeness (QED) is 0.464.